The second-order valence-corrected chi connectivity index (χ2v) is 7.05. The molecule has 2 rings (SSSR count). The Kier molecular flexibility index (Phi) is 5.01. The smallest absolute Gasteiger partial charge is 0.188 e. The third kappa shape index (κ3) is 3.55. The van der Waals surface area contributed by atoms with Crippen LogP contribution in [0.15, 0.2) is 23.4 Å². The molecule has 2 aromatic rings. The summed E-state index contributed by atoms with van der Waals surface area (Å²) in [5.74, 6) is 0.130. The topological polar surface area (TPSA) is 42.9 Å². The highest BCUT2D eigenvalue weighted by Crippen LogP contribution is 2.25. The van der Waals surface area contributed by atoms with E-state index >= 15 is 0 Å². The van der Waals surface area contributed by atoms with E-state index in [1.807, 2.05) is 59.7 Å². The van der Waals surface area contributed by atoms with Crippen LogP contribution < -0.4 is 0 Å². The minimum absolute atomic E-state index is 0.130. The van der Waals surface area contributed by atoms with Crippen LogP contribution in [-0.2, 0) is 0 Å². The summed E-state index contributed by atoms with van der Waals surface area (Å²) >= 11 is 1.43. The van der Waals surface area contributed by atoms with E-state index in [1.165, 1.54) is 11.8 Å². The standard InChI is InChI=1S/C18H22N2OS/c1-10-7-8-11(2)16(9-10)17(21)15(6)22-18-19-13(4)12(3)14(5)20-18/h7-9,15H,1-6H3/t15-/m0/s1. The molecule has 116 valence electrons. The minimum atomic E-state index is -0.206. The number of ketones is 1. The molecule has 22 heavy (non-hydrogen) atoms. The Hall–Kier alpha value is -1.68. The van der Waals surface area contributed by atoms with Gasteiger partial charge in [0.1, 0.15) is 0 Å². The Morgan fingerprint density at radius 2 is 1.64 bits per heavy atom. The number of thioether (sulfide) groups is 1. The van der Waals surface area contributed by atoms with Crippen molar-refractivity contribution in [2.75, 3.05) is 0 Å². The van der Waals surface area contributed by atoms with Gasteiger partial charge in [-0.3, -0.25) is 4.79 Å². The Morgan fingerprint density at radius 1 is 1.05 bits per heavy atom. The summed E-state index contributed by atoms with van der Waals surface area (Å²) in [6, 6.07) is 5.98. The van der Waals surface area contributed by atoms with Crippen molar-refractivity contribution in [2.45, 2.75) is 51.9 Å². The van der Waals surface area contributed by atoms with Crippen LogP contribution in [-0.4, -0.2) is 21.0 Å². The van der Waals surface area contributed by atoms with Gasteiger partial charge < -0.3 is 0 Å². The van der Waals surface area contributed by atoms with Gasteiger partial charge in [-0.25, -0.2) is 9.97 Å². The molecular weight excluding hydrogens is 292 g/mol. The Bertz CT molecular complexity index is 702. The summed E-state index contributed by atoms with van der Waals surface area (Å²) in [7, 11) is 0. The number of rotatable bonds is 4. The van der Waals surface area contributed by atoms with Crippen molar-refractivity contribution in [3.8, 4) is 0 Å². The first-order valence-electron chi connectivity index (χ1n) is 7.39. The first-order valence-corrected chi connectivity index (χ1v) is 8.27. The van der Waals surface area contributed by atoms with Gasteiger partial charge in [-0.15, -0.1) is 0 Å². The average molecular weight is 314 g/mol. The van der Waals surface area contributed by atoms with Crippen LogP contribution in [0.25, 0.3) is 0 Å². The van der Waals surface area contributed by atoms with Gasteiger partial charge in [-0.1, -0.05) is 29.5 Å². The molecule has 0 spiro atoms. The number of carbonyl (C=O) groups excluding carboxylic acids is 1. The normalized spacial score (nSPS) is 12.3. The molecule has 0 bridgehead atoms. The maximum atomic E-state index is 12.7. The fourth-order valence-corrected chi connectivity index (χ4v) is 3.16. The van der Waals surface area contributed by atoms with Crippen LogP contribution in [0.1, 0.15) is 45.4 Å². The lowest BCUT2D eigenvalue weighted by Crippen LogP contribution is -2.16. The molecule has 3 nitrogen and oxygen atoms in total. The molecule has 0 saturated carbocycles. The molecule has 0 aliphatic heterocycles. The predicted molar refractivity (Wildman–Crippen MR) is 91.8 cm³/mol. The highest BCUT2D eigenvalue weighted by Gasteiger charge is 2.20. The zero-order chi connectivity index (χ0) is 16.4. The van der Waals surface area contributed by atoms with Crippen LogP contribution >= 0.6 is 11.8 Å². The van der Waals surface area contributed by atoms with Crippen molar-refractivity contribution in [3.63, 3.8) is 0 Å². The first kappa shape index (κ1) is 16.7. The van der Waals surface area contributed by atoms with Crippen LogP contribution in [0.5, 0.6) is 0 Å². The monoisotopic (exact) mass is 314 g/mol. The molecule has 1 aromatic heterocycles. The molecule has 1 atom stereocenters. The van der Waals surface area contributed by atoms with E-state index < -0.39 is 0 Å². The third-order valence-electron chi connectivity index (χ3n) is 3.92. The highest BCUT2D eigenvalue weighted by atomic mass is 32.2. The molecule has 1 heterocycles. The Labute approximate surface area is 136 Å². The van der Waals surface area contributed by atoms with Crippen molar-refractivity contribution >= 4 is 17.5 Å². The molecular formula is C18H22N2OS. The van der Waals surface area contributed by atoms with Crippen LogP contribution in [0.2, 0.25) is 0 Å². The second-order valence-electron chi connectivity index (χ2n) is 5.74. The van der Waals surface area contributed by atoms with E-state index in [0.29, 0.717) is 5.16 Å². The fraction of sp³-hybridized carbons (Fsp3) is 0.389. The van der Waals surface area contributed by atoms with Crippen LogP contribution in [0.4, 0.5) is 0 Å². The molecule has 0 N–H and O–H groups in total. The number of carbonyl (C=O) groups is 1. The summed E-state index contributed by atoms with van der Waals surface area (Å²) in [5, 5.41) is 0.466. The SMILES string of the molecule is Cc1ccc(C)c(C(=O)[C@H](C)Sc2nc(C)c(C)c(C)n2)c1. The lowest BCUT2D eigenvalue weighted by atomic mass is 10.0. The third-order valence-corrected chi connectivity index (χ3v) is 4.88. The molecule has 0 unspecified atom stereocenters. The molecule has 0 aliphatic carbocycles. The minimum Gasteiger partial charge on any atom is -0.293 e. The number of nitrogens with zero attached hydrogens (tertiary/aromatic N) is 2. The predicted octanol–water partition coefficient (Wildman–Crippen LogP) is 4.38. The number of Topliss-reactive ketones (excluding diaryl/α,β-unsaturated/α-hetero) is 1. The maximum Gasteiger partial charge on any atom is 0.188 e. The quantitative estimate of drug-likeness (QED) is 0.477. The molecule has 0 aliphatic rings. The van der Waals surface area contributed by atoms with Crippen molar-refractivity contribution in [1.29, 1.82) is 0 Å². The van der Waals surface area contributed by atoms with Gasteiger partial charge in [-0.2, -0.15) is 0 Å². The van der Waals surface area contributed by atoms with Crippen LogP contribution in [0.3, 0.4) is 0 Å². The molecule has 0 saturated heterocycles. The van der Waals surface area contributed by atoms with Gasteiger partial charge in [0.15, 0.2) is 10.9 Å². The number of hydrogen-bond donors (Lipinski definition) is 0. The van der Waals surface area contributed by atoms with Crippen LogP contribution in [0, 0.1) is 34.6 Å². The number of aromatic nitrogens is 2. The highest BCUT2D eigenvalue weighted by molar-refractivity contribution is 8.00. The molecule has 1 aromatic carbocycles. The zero-order valence-corrected chi connectivity index (χ0v) is 14.8. The van der Waals surface area contributed by atoms with E-state index in [4.69, 9.17) is 0 Å². The maximum absolute atomic E-state index is 12.7. The average Bonchev–Trinajstić information content (AvgIpc) is 2.46. The van der Waals surface area contributed by atoms with Gasteiger partial charge >= 0.3 is 0 Å². The van der Waals surface area contributed by atoms with E-state index in [-0.39, 0.29) is 11.0 Å². The Balaban J connectivity index is 2.23. The first-order chi connectivity index (χ1) is 10.3. The van der Waals surface area contributed by atoms with E-state index in [2.05, 4.69) is 9.97 Å². The summed E-state index contributed by atoms with van der Waals surface area (Å²) < 4.78 is 0. The lowest BCUT2D eigenvalue weighted by molar-refractivity contribution is 0.0993. The molecule has 4 heteroatoms. The number of benzene rings is 1. The van der Waals surface area contributed by atoms with Gasteiger partial charge in [0.2, 0.25) is 0 Å². The van der Waals surface area contributed by atoms with Crippen molar-refractivity contribution < 1.29 is 4.79 Å². The van der Waals surface area contributed by atoms with Crippen molar-refractivity contribution in [2.24, 2.45) is 0 Å². The van der Waals surface area contributed by atoms with Gasteiger partial charge in [0, 0.05) is 17.0 Å². The summed E-state index contributed by atoms with van der Waals surface area (Å²) in [6.45, 7) is 11.9. The van der Waals surface area contributed by atoms with E-state index in [1.54, 1.807) is 0 Å². The molecule has 0 radical (unpaired) electrons. The fourth-order valence-electron chi connectivity index (χ4n) is 2.23. The largest absolute Gasteiger partial charge is 0.293 e. The van der Waals surface area contributed by atoms with Crippen molar-refractivity contribution in [3.05, 3.63) is 51.8 Å². The molecule has 0 fully saturated rings. The summed E-state index contributed by atoms with van der Waals surface area (Å²) in [6.07, 6.45) is 0. The van der Waals surface area contributed by atoms with E-state index in [9.17, 15) is 4.79 Å². The second kappa shape index (κ2) is 6.61. The van der Waals surface area contributed by atoms with Gasteiger partial charge in [0.05, 0.1) is 5.25 Å². The molecule has 0 amide bonds. The zero-order valence-electron chi connectivity index (χ0n) is 14.0. The number of aryl methyl sites for hydroxylation is 4. The summed E-state index contributed by atoms with van der Waals surface area (Å²) in [5.41, 5.74) is 5.96. The van der Waals surface area contributed by atoms with E-state index in [0.717, 1.165) is 33.6 Å². The summed E-state index contributed by atoms with van der Waals surface area (Å²) in [4.78, 5) is 21.7. The lowest BCUT2D eigenvalue weighted by Gasteiger charge is -2.13. The Morgan fingerprint density at radius 3 is 2.23 bits per heavy atom. The van der Waals surface area contributed by atoms with Gasteiger partial charge in [-0.05, 0) is 58.7 Å². The van der Waals surface area contributed by atoms with Gasteiger partial charge in [0.25, 0.3) is 0 Å². The van der Waals surface area contributed by atoms with Crippen molar-refractivity contribution in [1.82, 2.24) is 9.97 Å². The number of hydrogen-bond acceptors (Lipinski definition) is 4.